The lowest BCUT2D eigenvalue weighted by Gasteiger charge is -2.32. The summed E-state index contributed by atoms with van der Waals surface area (Å²) in [6.45, 7) is 1.75. The maximum Gasteiger partial charge on any atom is 0.263 e. The number of amides is 2. The monoisotopic (exact) mass is 304 g/mol. The van der Waals surface area contributed by atoms with Crippen molar-refractivity contribution in [3.63, 3.8) is 0 Å². The largest absolute Gasteiger partial charge is 0.481 e. The first-order valence-electron chi connectivity index (χ1n) is 7.82. The molecule has 1 aromatic carbocycles. The Labute approximate surface area is 131 Å². The number of nitrogens with zero attached hydrogens (tertiary/aromatic N) is 1. The zero-order valence-corrected chi connectivity index (χ0v) is 13.2. The molecular weight excluding hydrogens is 280 g/mol. The lowest BCUT2D eigenvalue weighted by Crippen LogP contribution is -2.44. The van der Waals surface area contributed by atoms with Gasteiger partial charge >= 0.3 is 0 Å². The number of rotatable bonds is 5. The second-order valence-electron chi connectivity index (χ2n) is 5.89. The first-order chi connectivity index (χ1) is 10.5. The van der Waals surface area contributed by atoms with Gasteiger partial charge in [0.05, 0.1) is 0 Å². The quantitative estimate of drug-likeness (QED) is 0.907. The van der Waals surface area contributed by atoms with Crippen LogP contribution in [-0.2, 0) is 4.79 Å². The maximum atomic E-state index is 12.4. The molecule has 2 amide bonds. The molecule has 1 unspecified atom stereocenters. The number of carbonyl (C=O) groups is 2. The van der Waals surface area contributed by atoms with Crippen molar-refractivity contribution in [2.24, 2.45) is 5.73 Å². The average molecular weight is 304 g/mol. The number of ether oxygens (including phenoxy) is 1. The molecule has 0 bridgehead atoms. The van der Waals surface area contributed by atoms with Crippen molar-refractivity contribution in [3.8, 4) is 5.75 Å². The standard InChI is InChI=1S/C17H24N2O3/c1-12(17(21)19(2)14-6-4-3-5-7-14)22-15-10-8-13(9-11-15)16(18)20/h8-12,14H,3-7H2,1-2H3,(H2,18,20). The molecule has 1 saturated carbocycles. The molecule has 2 rings (SSSR count). The highest BCUT2D eigenvalue weighted by Crippen LogP contribution is 2.23. The Hall–Kier alpha value is -2.04. The molecule has 0 aromatic heterocycles. The second kappa shape index (κ2) is 7.29. The predicted molar refractivity (Wildman–Crippen MR) is 84.7 cm³/mol. The minimum atomic E-state index is -0.550. The Morgan fingerprint density at radius 2 is 1.77 bits per heavy atom. The third kappa shape index (κ3) is 4.00. The van der Waals surface area contributed by atoms with Gasteiger partial charge in [0.1, 0.15) is 5.75 Å². The molecule has 0 heterocycles. The molecule has 5 nitrogen and oxygen atoms in total. The van der Waals surface area contributed by atoms with Gasteiger partial charge in [0.15, 0.2) is 6.10 Å². The molecule has 1 aromatic rings. The summed E-state index contributed by atoms with van der Waals surface area (Å²) in [5.41, 5.74) is 5.62. The predicted octanol–water partition coefficient (Wildman–Crippen LogP) is 2.34. The Morgan fingerprint density at radius 1 is 1.18 bits per heavy atom. The van der Waals surface area contributed by atoms with E-state index in [4.69, 9.17) is 10.5 Å². The van der Waals surface area contributed by atoms with Crippen LogP contribution in [0.2, 0.25) is 0 Å². The molecule has 0 aliphatic heterocycles. The van der Waals surface area contributed by atoms with Crippen molar-refractivity contribution in [1.82, 2.24) is 4.90 Å². The second-order valence-corrected chi connectivity index (χ2v) is 5.89. The van der Waals surface area contributed by atoms with Gasteiger partial charge in [-0.25, -0.2) is 0 Å². The summed E-state index contributed by atoms with van der Waals surface area (Å²) in [5.74, 6) is 0.0708. The number of likely N-dealkylation sites (N-methyl/N-ethyl adjacent to an activating group) is 1. The van der Waals surface area contributed by atoms with Gasteiger partial charge < -0.3 is 15.4 Å². The molecule has 0 spiro atoms. The minimum Gasteiger partial charge on any atom is -0.481 e. The summed E-state index contributed by atoms with van der Waals surface area (Å²) in [6.07, 6.45) is 5.23. The van der Waals surface area contributed by atoms with Crippen molar-refractivity contribution in [1.29, 1.82) is 0 Å². The Morgan fingerprint density at radius 3 is 2.32 bits per heavy atom. The van der Waals surface area contributed by atoms with Crippen molar-refractivity contribution < 1.29 is 14.3 Å². The fraction of sp³-hybridized carbons (Fsp3) is 0.529. The first-order valence-corrected chi connectivity index (χ1v) is 7.82. The smallest absolute Gasteiger partial charge is 0.263 e. The van der Waals surface area contributed by atoms with Gasteiger partial charge in [-0.2, -0.15) is 0 Å². The fourth-order valence-corrected chi connectivity index (χ4v) is 2.89. The molecular formula is C17H24N2O3. The highest BCUT2D eigenvalue weighted by atomic mass is 16.5. The fourth-order valence-electron chi connectivity index (χ4n) is 2.89. The number of hydrogen-bond donors (Lipinski definition) is 1. The highest BCUT2D eigenvalue weighted by molar-refractivity contribution is 5.92. The number of nitrogens with two attached hydrogens (primary N) is 1. The zero-order chi connectivity index (χ0) is 16.1. The number of hydrogen-bond acceptors (Lipinski definition) is 3. The van der Waals surface area contributed by atoms with E-state index in [1.165, 1.54) is 19.3 Å². The van der Waals surface area contributed by atoms with Crippen LogP contribution in [0.25, 0.3) is 0 Å². The lowest BCUT2D eigenvalue weighted by atomic mass is 9.94. The third-order valence-electron chi connectivity index (χ3n) is 4.27. The van der Waals surface area contributed by atoms with Crippen LogP contribution < -0.4 is 10.5 Å². The average Bonchev–Trinajstić information content (AvgIpc) is 2.54. The summed E-state index contributed by atoms with van der Waals surface area (Å²) in [5, 5.41) is 0. The van der Waals surface area contributed by atoms with E-state index >= 15 is 0 Å². The third-order valence-corrected chi connectivity index (χ3v) is 4.27. The Balaban J connectivity index is 1.93. The summed E-state index contributed by atoms with van der Waals surface area (Å²) in [4.78, 5) is 25.3. The summed E-state index contributed by atoms with van der Waals surface area (Å²) >= 11 is 0. The van der Waals surface area contributed by atoms with Gasteiger partial charge in [0.2, 0.25) is 5.91 Å². The van der Waals surface area contributed by atoms with Crippen LogP contribution in [0.3, 0.4) is 0 Å². The van der Waals surface area contributed by atoms with Crippen LogP contribution in [0.4, 0.5) is 0 Å². The van der Waals surface area contributed by atoms with Gasteiger partial charge in [0, 0.05) is 18.7 Å². The lowest BCUT2D eigenvalue weighted by molar-refractivity contribution is -0.139. The topological polar surface area (TPSA) is 72.6 Å². The highest BCUT2D eigenvalue weighted by Gasteiger charge is 2.26. The minimum absolute atomic E-state index is 0.00845. The van der Waals surface area contributed by atoms with Crippen molar-refractivity contribution in [2.75, 3.05) is 7.05 Å². The summed E-state index contributed by atoms with van der Waals surface area (Å²) < 4.78 is 5.68. The van der Waals surface area contributed by atoms with Crippen LogP contribution >= 0.6 is 0 Å². The Bertz CT molecular complexity index is 521. The number of carbonyl (C=O) groups excluding carboxylic acids is 2. The van der Waals surface area contributed by atoms with E-state index in [-0.39, 0.29) is 5.91 Å². The molecule has 22 heavy (non-hydrogen) atoms. The first kappa shape index (κ1) is 16.3. The van der Waals surface area contributed by atoms with E-state index in [2.05, 4.69) is 0 Å². The molecule has 0 saturated heterocycles. The molecule has 5 heteroatoms. The van der Waals surface area contributed by atoms with E-state index in [1.807, 2.05) is 11.9 Å². The SMILES string of the molecule is CC(Oc1ccc(C(N)=O)cc1)C(=O)N(C)C1CCCCC1. The van der Waals surface area contributed by atoms with Crippen LogP contribution in [0, 0.1) is 0 Å². The van der Waals surface area contributed by atoms with E-state index in [0.29, 0.717) is 17.4 Å². The van der Waals surface area contributed by atoms with Gasteiger partial charge in [-0.3, -0.25) is 9.59 Å². The normalized spacial score (nSPS) is 16.8. The van der Waals surface area contributed by atoms with Crippen molar-refractivity contribution in [3.05, 3.63) is 29.8 Å². The summed E-state index contributed by atoms with van der Waals surface area (Å²) in [7, 11) is 1.86. The Kier molecular flexibility index (Phi) is 5.41. The van der Waals surface area contributed by atoms with Crippen LogP contribution in [0.1, 0.15) is 49.4 Å². The van der Waals surface area contributed by atoms with Gasteiger partial charge in [0.25, 0.3) is 5.91 Å². The molecule has 1 aliphatic rings. The van der Waals surface area contributed by atoms with Crippen molar-refractivity contribution >= 4 is 11.8 Å². The van der Waals surface area contributed by atoms with Crippen LogP contribution in [0.5, 0.6) is 5.75 Å². The van der Waals surface area contributed by atoms with E-state index < -0.39 is 12.0 Å². The summed E-state index contributed by atoms with van der Waals surface area (Å²) in [6, 6.07) is 6.83. The molecule has 120 valence electrons. The van der Waals surface area contributed by atoms with Gasteiger partial charge in [-0.05, 0) is 44.0 Å². The maximum absolute atomic E-state index is 12.4. The van der Waals surface area contributed by atoms with Crippen molar-refractivity contribution in [2.45, 2.75) is 51.2 Å². The van der Waals surface area contributed by atoms with Gasteiger partial charge in [-0.1, -0.05) is 19.3 Å². The van der Waals surface area contributed by atoms with E-state index in [9.17, 15) is 9.59 Å². The zero-order valence-electron chi connectivity index (χ0n) is 13.2. The van der Waals surface area contributed by atoms with E-state index in [0.717, 1.165) is 12.8 Å². The van der Waals surface area contributed by atoms with Gasteiger partial charge in [-0.15, -0.1) is 0 Å². The van der Waals surface area contributed by atoms with Crippen LogP contribution in [-0.4, -0.2) is 35.9 Å². The molecule has 0 radical (unpaired) electrons. The molecule has 1 aliphatic carbocycles. The van der Waals surface area contributed by atoms with E-state index in [1.54, 1.807) is 31.2 Å². The molecule has 1 atom stereocenters. The van der Waals surface area contributed by atoms with Crippen LogP contribution in [0.15, 0.2) is 24.3 Å². The number of primary amides is 1. The molecule has 1 fully saturated rings. The molecule has 2 N–H and O–H groups in total. The number of benzene rings is 1.